The monoisotopic (exact) mass is 347 g/mol. The van der Waals surface area contributed by atoms with Gasteiger partial charge in [-0.05, 0) is 45.8 Å². The Morgan fingerprint density at radius 3 is 2.71 bits per heavy atom. The number of fused-ring (bicyclic) bond motifs is 1. The SMILES string of the molecule is O=C(O)c1cccc2c1ccn2Cc1cccc(F)c1Br. The molecule has 106 valence electrons. The van der Waals surface area contributed by atoms with Gasteiger partial charge in [-0.15, -0.1) is 0 Å². The molecule has 0 amide bonds. The van der Waals surface area contributed by atoms with E-state index < -0.39 is 5.97 Å². The molecule has 2 aromatic carbocycles. The summed E-state index contributed by atoms with van der Waals surface area (Å²) in [4.78, 5) is 11.2. The Kier molecular flexibility index (Phi) is 3.51. The van der Waals surface area contributed by atoms with Gasteiger partial charge in [0.25, 0.3) is 0 Å². The molecule has 1 heterocycles. The summed E-state index contributed by atoms with van der Waals surface area (Å²) in [6.07, 6.45) is 1.81. The molecule has 3 nitrogen and oxygen atoms in total. The summed E-state index contributed by atoms with van der Waals surface area (Å²) in [5.74, 6) is -1.26. The van der Waals surface area contributed by atoms with Gasteiger partial charge in [0.05, 0.1) is 10.0 Å². The molecule has 0 bridgehead atoms. The van der Waals surface area contributed by atoms with E-state index in [1.165, 1.54) is 6.07 Å². The zero-order valence-electron chi connectivity index (χ0n) is 10.9. The average Bonchev–Trinajstić information content (AvgIpc) is 2.87. The van der Waals surface area contributed by atoms with Gasteiger partial charge in [0.15, 0.2) is 0 Å². The highest BCUT2D eigenvalue weighted by Crippen LogP contribution is 2.25. The maximum absolute atomic E-state index is 13.6. The van der Waals surface area contributed by atoms with Gasteiger partial charge >= 0.3 is 5.97 Å². The first kappa shape index (κ1) is 13.8. The van der Waals surface area contributed by atoms with Crippen molar-refractivity contribution in [1.29, 1.82) is 0 Å². The van der Waals surface area contributed by atoms with E-state index in [4.69, 9.17) is 0 Å². The number of hydrogen-bond donors (Lipinski definition) is 1. The molecule has 0 atom stereocenters. The van der Waals surface area contributed by atoms with Gasteiger partial charge in [-0.2, -0.15) is 0 Å². The van der Waals surface area contributed by atoms with Gasteiger partial charge in [-0.1, -0.05) is 18.2 Å². The lowest BCUT2D eigenvalue weighted by molar-refractivity contribution is 0.0699. The predicted octanol–water partition coefficient (Wildman–Crippen LogP) is 4.29. The summed E-state index contributed by atoms with van der Waals surface area (Å²) in [5, 5.41) is 9.87. The lowest BCUT2D eigenvalue weighted by Gasteiger charge is -2.09. The highest BCUT2D eigenvalue weighted by atomic mass is 79.9. The van der Waals surface area contributed by atoms with E-state index in [2.05, 4.69) is 15.9 Å². The molecule has 0 spiro atoms. The quantitative estimate of drug-likeness (QED) is 0.767. The summed E-state index contributed by atoms with van der Waals surface area (Å²) in [5.41, 5.74) is 1.88. The first-order valence-electron chi connectivity index (χ1n) is 6.32. The molecular weight excluding hydrogens is 337 g/mol. The van der Waals surface area contributed by atoms with Gasteiger partial charge in [0.1, 0.15) is 5.82 Å². The van der Waals surface area contributed by atoms with E-state index in [9.17, 15) is 14.3 Å². The van der Waals surface area contributed by atoms with Crippen LogP contribution in [-0.2, 0) is 6.54 Å². The van der Waals surface area contributed by atoms with Crippen LogP contribution in [0.5, 0.6) is 0 Å². The smallest absolute Gasteiger partial charge is 0.336 e. The molecule has 0 saturated heterocycles. The molecule has 3 aromatic rings. The van der Waals surface area contributed by atoms with Gasteiger partial charge in [-0.3, -0.25) is 0 Å². The van der Waals surface area contributed by atoms with Crippen molar-refractivity contribution in [2.75, 3.05) is 0 Å². The molecule has 1 aromatic heterocycles. The zero-order valence-corrected chi connectivity index (χ0v) is 12.5. The van der Waals surface area contributed by atoms with Gasteiger partial charge < -0.3 is 9.67 Å². The minimum Gasteiger partial charge on any atom is -0.478 e. The van der Waals surface area contributed by atoms with E-state index in [-0.39, 0.29) is 11.4 Å². The number of carboxylic acid groups (broad SMARTS) is 1. The fourth-order valence-corrected chi connectivity index (χ4v) is 2.79. The zero-order chi connectivity index (χ0) is 15.0. The van der Waals surface area contributed by atoms with Gasteiger partial charge in [-0.25, -0.2) is 9.18 Å². The van der Waals surface area contributed by atoms with Crippen molar-refractivity contribution in [2.45, 2.75) is 6.54 Å². The van der Waals surface area contributed by atoms with Crippen LogP contribution in [0.3, 0.4) is 0 Å². The molecule has 0 radical (unpaired) electrons. The predicted molar refractivity (Wildman–Crippen MR) is 82.1 cm³/mol. The van der Waals surface area contributed by atoms with E-state index in [0.717, 1.165) is 11.1 Å². The highest BCUT2D eigenvalue weighted by molar-refractivity contribution is 9.10. The fourth-order valence-electron chi connectivity index (χ4n) is 2.40. The lowest BCUT2D eigenvalue weighted by atomic mass is 10.1. The standard InChI is InChI=1S/C16H11BrFNO2/c17-15-10(3-1-5-13(15)18)9-19-8-7-11-12(16(20)21)4-2-6-14(11)19/h1-8H,9H2,(H,20,21). The van der Waals surface area contributed by atoms with Crippen molar-refractivity contribution in [2.24, 2.45) is 0 Å². The third-order valence-electron chi connectivity index (χ3n) is 3.42. The normalized spacial score (nSPS) is 11.0. The molecule has 21 heavy (non-hydrogen) atoms. The molecule has 5 heteroatoms. The topological polar surface area (TPSA) is 42.2 Å². The second kappa shape index (κ2) is 5.33. The average molecular weight is 348 g/mol. The van der Waals surface area contributed by atoms with Gasteiger partial charge in [0, 0.05) is 23.6 Å². The number of halogens is 2. The van der Waals surface area contributed by atoms with Crippen molar-refractivity contribution >= 4 is 32.8 Å². The van der Waals surface area contributed by atoms with Gasteiger partial charge in [0.2, 0.25) is 0 Å². The number of rotatable bonds is 3. The fraction of sp³-hybridized carbons (Fsp3) is 0.0625. The molecule has 0 unspecified atom stereocenters. The molecule has 3 rings (SSSR count). The molecule has 0 saturated carbocycles. The van der Waals surface area contributed by atoms with Crippen LogP contribution >= 0.6 is 15.9 Å². The second-order valence-corrected chi connectivity index (χ2v) is 5.49. The lowest BCUT2D eigenvalue weighted by Crippen LogP contribution is -2.01. The number of carbonyl (C=O) groups is 1. The Hall–Kier alpha value is -2.14. The van der Waals surface area contributed by atoms with Crippen molar-refractivity contribution in [3.63, 3.8) is 0 Å². The number of carboxylic acids is 1. The third kappa shape index (κ3) is 2.45. The first-order chi connectivity index (χ1) is 10.1. The van der Waals surface area contributed by atoms with Crippen LogP contribution < -0.4 is 0 Å². The minimum absolute atomic E-state index is 0.268. The molecule has 1 N–H and O–H groups in total. The summed E-state index contributed by atoms with van der Waals surface area (Å²) in [6.45, 7) is 0.463. The number of benzene rings is 2. The van der Waals surface area contributed by atoms with E-state index >= 15 is 0 Å². The maximum Gasteiger partial charge on any atom is 0.336 e. The van der Waals surface area contributed by atoms with Crippen molar-refractivity contribution in [3.05, 3.63) is 70.1 Å². The molecule has 0 aliphatic carbocycles. The van der Waals surface area contributed by atoms with Crippen LogP contribution in [0.1, 0.15) is 15.9 Å². The summed E-state index contributed by atoms with van der Waals surface area (Å²) in [6, 6.07) is 11.8. The number of aromatic nitrogens is 1. The minimum atomic E-state index is -0.953. The second-order valence-electron chi connectivity index (χ2n) is 4.70. The first-order valence-corrected chi connectivity index (χ1v) is 7.11. The maximum atomic E-state index is 13.6. The summed E-state index contributed by atoms with van der Waals surface area (Å²) in [7, 11) is 0. The molecular formula is C16H11BrFNO2. The van der Waals surface area contributed by atoms with Crippen LogP contribution in [0.2, 0.25) is 0 Å². The highest BCUT2D eigenvalue weighted by Gasteiger charge is 2.12. The Labute approximate surface area is 128 Å². The van der Waals surface area contributed by atoms with Crippen LogP contribution in [-0.4, -0.2) is 15.6 Å². The number of hydrogen-bond acceptors (Lipinski definition) is 1. The Balaban J connectivity index is 2.08. The van der Waals surface area contributed by atoms with Crippen molar-refractivity contribution in [3.8, 4) is 0 Å². The Bertz CT molecular complexity index is 841. The van der Waals surface area contributed by atoms with Crippen LogP contribution in [0, 0.1) is 5.82 Å². The Morgan fingerprint density at radius 2 is 1.95 bits per heavy atom. The molecule has 0 fully saturated rings. The molecule has 0 aliphatic rings. The van der Waals surface area contributed by atoms with Crippen LogP contribution in [0.4, 0.5) is 4.39 Å². The number of nitrogens with zero attached hydrogens (tertiary/aromatic N) is 1. The van der Waals surface area contributed by atoms with Crippen molar-refractivity contribution < 1.29 is 14.3 Å². The van der Waals surface area contributed by atoms with E-state index in [1.54, 1.807) is 24.3 Å². The van der Waals surface area contributed by atoms with Crippen molar-refractivity contribution in [1.82, 2.24) is 4.57 Å². The van der Waals surface area contributed by atoms with E-state index in [0.29, 0.717) is 16.4 Å². The molecule has 0 aliphatic heterocycles. The Morgan fingerprint density at radius 1 is 1.19 bits per heavy atom. The largest absolute Gasteiger partial charge is 0.478 e. The summed E-state index contributed by atoms with van der Waals surface area (Å²) >= 11 is 3.25. The summed E-state index contributed by atoms with van der Waals surface area (Å²) < 4.78 is 15.9. The third-order valence-corrected chi connectivity index (χ3v) is 4.30. The van der Waals surface area contributed by atoms with Crippen LogP contribution in [0.25, 0.3) is 10.9 Å². The number of aromatic carboxylic acids is 1. The van der Waals surface area contributed by atoms with Crippen LogP contribution in [0.15, 0.2) is 53.1 Å². The van der Waals surface area contributed by atoms with E-state index in [1.807, 2.05) is 22.9 Å².